The summed E-state index contributed by atoms with van der Waals surface area (Å²) in [4.78, 5) is 28.9. The Kier molecular flexibility index (Phi) is 5.16. The minimum Gasteiger partial charge on any atom is -0.342 e. The van der Waals surface area contributed by atoms with Crippen LogP contribution < -0.4 is 0 Å². The van der Waals surface area contributed by atoms with Gasteiger partial charge < -0.3 is 14.7 Å². The molecule has 2 saturated heterocycles. The van der Waals surface area contributed by atoms with E-state index in [0.29, 0.717) is 32.1 Å². The van der Waals surface area contributed by atoms with Crippen molar-refractivity contribution in [2.24, 2.45) is 5.92 Å². The highest BCUT2D eigenvalue weighted by molar-refractivity contribution is 5.74. The number of urea groups is 1. The molecule has 2 fully saturated rings. The van der Waals surface area contributed by atoms with Crippen molar-refractivity contribution in [3.8, 4) is 0 Å². The molecule has 1 aromatic carbocycles. The zero-order valence-corrected chi connectivity index (χ0v) is 13.6. The third-order valence-corrected chi connectivity index (χ3v) is 4.99. The SMILES string of the molecule is O=CN1CCN(C(=O)N2CCC(Cc3ccccc3)CC2)CC1. The Morgan fingerprint density at radius 3 is 2.17 bits per heavy atom. The lowest BCUT2D eigenvalue weighted by Crippen LogP contribution is -2.53. The van der Waals surface area contributed by atoms with Gasteiger partial charge >= 0.3 is 6.03 Å². The van der Waals surface area contributed by atoms with Gasteiger partial charge in [-0.05, 0) is 30.7 Å². The van der Waals surface area contributed by atoms with E-state index in [1.165, 1.54) is 5.56 Å². The molecule has 0 atom stereocenters. The van der Waals surface area contributed by atoms with E-state index in [1.807, 2.05) is 9.80 Å². The molecule has 5 nitrogen and oxygen atoms in total. The Hall–Kier alpha value is -2.04. The van der Waals surface area contributed by atoms with Crippen LogP contribution in [0.4, 0.5) is 4.79 Å². The first-order valence-electron chi connectivity index (χ1n) is 8.53. The minimum absolute atomic E-state index is 0.147. The van der Waals surface area contributed by atoms with Crippen LogP contribution in [0.3, 0.4) is 0 Å². The summed E-state index contributed by atoms with van der Waals surface area (Å²) in [6.45, 7) is 4.32. The molecule has 0 saturated carbocycles. The largest absolute Gasteiger partial charge is 0.342 e. The van der Waals surface area contributed by atoms with Crippen LogP contribution in [0.5, 0.6) is 0 Å². The molecular formula is C18H25N3O2. The number of piperazine rings is 1. The van der Waals surface area contributed by atoms with Gasteiger partial charge in [-0.2, -0.15) is 0 Å². The Morgan fingerprint density at radius 1 is 0.957 bits per heavy atom. The van der Waals surface area contributed by atoms with Gasteiger partial charge in [0.1, 0.15) is 0 Å². The van der Waals surface area contributed by atoms with Crippen LogP contribution >= 0.6 is 0 Å². The molecule has 2 heterocycles. The van der Waals surface area contributed by atoms with Crippen LogP contribution in [0.15, 0.2) is 30.3 Å². The molecule has 3 amide bonds. The molecule has 0 bridgehead atoms. The number of amides is 3. The van der Waals surface area contributed by atoms with Crippen molar-refractivity contribution in [3.05, 3.63) is 35.9 Å². The van der Waals surface area contributed by atoms with E-state index in [1.54, 1.807) is 4.90 Å². The number of carbonyl (C=O) groups excluding carboxylic acids is 2. The van der Waals surface area contributed by atoms with Crippen molar-refractivity contribution < 1.29 is 9.59 Å². The molecule has 3 rings (SSSR count). The van der Waals surface area contributed by atoms with Gasteiger partial charge in [-0.1, -0.05) is 30.3 Å². The highest BCUT2D eigenvalue weighted by atomic mass is 16.2. The smallest absolute Gasteiger partial charge is 0.320 e. The second kappa shape index (κ2) is 7.49. The summed E-state index contributed by atoms with van der Waals surface area (Å²) in [5.41, 5.74) is 1.39. The normalized spacial score (nSPS) is 19.7. The van der Waals surface area contributed by atoms with Crippen molar-refractivity contribution in [1.29, 1.82) is 0 Å². The van der Waals surface area contributed by atoms with Gasteiger partial charge in [0.25, 0.3) is 0 Å². The molecule has 2 aliphatic rings. The van der Waals surface area contributed by atoms with E-state index in [2.05, 4.69) is 30.3 Å². The van der Waals surface area contributed by atoms with Crippen LogP contribution in [0, 0.1) is 5.92 Å². The topological polar surface area (TPSA) is 43.9 Å². The van der Waals surface area contributed by atoms with Gasteiger partial charge in [0.15, 0.2) is 0 Å². The van der Waals surface area contributed by atoms with Crippen molar-refractivity contribution >= 4 is 12.4 Å². The molecule has 0 aliphatic carbocycles. The summed E-state index contributed by atoms with van der Waals surface area (Å²) < 4.78 is 0. The summed E-state index contributed by atoms with van der Waals surface area (Å²) >= 11 is 0. The summed E-state index contributed by atoms with van der Waals surface area (Å²) in [5.74, 6) is 0.674. The summed E-state index contributed by atoms with van der Waals surface area (Å²) in [7, 11) is 0. The second-order valence-electron chi connectivity index (χ2n) is 6.53. The third-order valence-electron chi connectivity index (χ3n) is 4.99. The summed E-state index contributed by atoms with van der Waals surface area (Å²) in [5, 5.41) is 0. The lowest BCUT2D eigenvalue weighted by Gasteiger charge is -2.39. The molecule has 0 unspecified atom stereocenters. The number of hydrogen-bond acceptors (Lipinski definition) is 2. The fraction of sp³-hybridized carbons (Fsp3) is 0.556. The van der Waals surface area contributed by atoms with E-state index >= 15 is 0 Å². The molecule has 2 aliphatic heterocycles. The van der Waals surface area contributed by atoms with Crippen LogP contribution in [-0.2, 0) is 11.2 Å². The molecule has 0 radical (unpaired) electrons. The first-order chi connectivity index (χ1) is 11.3. The van der Waals surface area contributed by atoms with Crippen molar-refractivity contribution in [3.63, 3.8) is 0 Å². The summed E-state index contributed by atoms with van der Waals surface area (Å²) in [6, 6.07) is 10.7. The predicted molar refractivity (Wildman–Crippen MR) is 89.0 cm³/mol. The quantitative estimate of drug-likeness (QED) is 0.799. The van der Waals surface area contributed by atoms with Gasteiger partial charge in [-0.25, -0.2) is 4.79 Å². The standard InChI is InChI=1S/C18H25N3O2/c22-15-19-10-12-21(13-11-19)18(23)20-8-6-17(7-9-20)14-16-4-2-1-3-5-16/h1-5,15,17H,6-14H2. The fourth-order valence-electron chi connectivity index (χ4n) is 3.49. The monoisotopic (exact) mass is 315 g/mol. The Labute approximate surface area is 137 Å². The Morgan fingerprint density at radius 2 is 1.57 bits per heavy atom. The molecule has 1 aromatic rings. The Bertz CT molecular complexity index is 518. The van der Waals surface area contributed by atoms with Crippen molar-refractivity contribution in [1.82, 2.24) is 14.7 Å². The molecule has 0 aromatic heterocycles. The lowest BCUT2D eigenvalue weighted by molar-refractivity contribution is -0.119. The van der Waals surface area contributed by atoms with E-state index in [9.17, 15) is 9.59 Å². The second-order valence-corrected chi connectivity index (χ2v) is 6.53. The molecule has 0 spiro atoms. The maximum absolute atomic E-state index is 12.6. The highest BCUT2D eigenvalue weighted by Gasteiger charge is 2.28. The number of hydrogen-bond donors (Lipinski definition) is 0. The summed E-state index contributed by atoms with van der Waals surface area (Å²) in [6.07, 6.45) is 4.14. The van der Waals surface area contributed by atoms with E-state index in [-0.39, 0.29) is 6.03 Å². The molecule has 23 heavy (non-hydrogen) atoms. The van der Waals surface area contributed by atoms with Crippen LogP contribution in [0.1, 0.15) is 18.4 Å². The number of rotatable bonds is 3. The van der Waals surface area contributed by atoms with Gasteiger partial charge in [0.05, 0.1) is 0 Å². The minimum atomic E-state index is 0.147. The average molecular weight is 315 g/mol. The predicted octanol–water partition coefficient (Wildman–Crippen LogP) is 1.84. The van der Waals surface area contributed by atoms with Crippen molar-refractivity contribution in [2.45, 2.75) is 19.3 Å². The average Bonchev–Trinajstić information content (AvgIpc) is 2.63. The molecule has 124 valence electrons. The first kappa shape index (κ1) is 15.8. The third kappa shape index (κ3) is 4.03. The van der Waals surface area contributed by atoms with Crippen LogP contribution in [-0.4, -0.2) is 66.4 Å². The maximum atomic E-state index is 12.6. The lowest BCUT2D eigenvalue weighted by atomic mass is 9.90. The highest BCUT2D eigenvalue weighted by Crippen LogP contribution is 2.22. The van der Waals surface area contributed by atoms with E-state index in [0.717, 1.165) is 38.8 Å². The van der Waals surface area contributed by atoms with Crippen LogP contribution in [0.25, 0.3) is 0 Å². The molecule has 0 N–H and O–H groups in total. The number of carbonyl (C=O) groups is 2. The maximum Gasteiger partial charge on any atom is 0.320 e. The number of likely N-dealkylation sites (tertiary alicyclic amines) is 1. The van der Waals surface area contributed by atoms with E-state index < -0.39 is 0 Å². The number of benzene rings is 1. The zero-order chi connectivity index (χ0) is 16.1. The zero-order valence-electron chi connectivity index (χ0n) is 13.6. The Balaban J connectivity index is 1.45. The van der Waals surface area contributed by atoms with Crippen molar-refractivity contribution in [2.75, 3.05) is 39.3 Å². The molecular weight excluding hydrogens is 290 g/mol. The number of piperidine rings is 1. The number of nitrogens with zero attached hydrogens (tertiary/aromatic N) is 3. The fourth-order valence-corrected chi connectivity index (χ4v) is 3.49. The first-order valence-corrected chi connectivity index (χ1v) is 8.53. The molecule has 5 heteroatoms. The van der Waals surface area contributed by atoms with Gasteiger partial charge in [-0.15, -0.1) is 0 Å². The van der Waals surface area contributed by atoms with E-state index in [4.69, 9.17) is 0 Å². The van der Waals surface area contributed by atoms with Gasteiger partial charge in [0.2, 0.25) is 6.41 Å². The van der Waals surface area contributed by atoms with Gasteiger partial charge in [-0.3, -0.25) is 4.79 Å². The van der Waals surface area contributed by atoms with Crippen LogP contribution in [0.2, 0.25) is 0 Å². The van der Waals surface area contributed by atoms with Gasteiger partial charge in [0, 0.05) is 39.3 Å².